The van der Waals surface area contributed by atoms with Crippen molar-refractivity contribution in [3.05, 3.63) is 34.9 Å². The summed E-state index contributed by atoms with van der Waals surface area (Å²) >= 11 is 6.40. The quantitative estimate of drug-likeness (QED) is 0.872. The van der Waals surface area contributed by atoms with Gasteiger partial charge in [-0.3, -0.25) is 0 Å². The van der Waals surface area contributed by atoms with Crippen molar-refractivity contribution in [3.63, 3.8) is 0 Å². The Morgan fingerprint density at radius 2 is 2.19 bits per heavy atom. The number of halogens is 1. The lowest BCUT2D eigenvalue weighted by atomic mass is 10.1. The van der Waals surface area contributed by atoms with Gasteiger partial charge in [-0.1, -0.05) is 17.7 Å². The van der Waals surface area contributed by atoms with Crippen LogP contribution in [0, 0.1) is 0 Å². The van der Waals surface area contributed by atoms with Crippen molar-refractivity contribution in [1.82, 2.24) is 4.90 Å². The second kappa shape index (κ2) is 6.96. The van der Waals surface area contributed by atoms with E-state index in [1.54, 1.807) is 6.08 Å². The predicted molar refractivity (Wildman–Crippen MR) is 87.0 cm³/mol. The van der Waals surface area contributed by atoms with E-state index in [-0.39, 0.29) is 0 Å². The van der Waals surface area contributed by atoms with Gasteiger partial charge in [-0.2, -0.15) is 0 Å². The molecule has 1 aliphatic heterocycles. The average molecular weight is 309 g/mol. The molecule has 0 aromatic heterocycles. The number of rotatable bonds is 3. The van der Waals surface area contributed by atoms with E-state index in [9.17, 15) is 4.79 Å². The van der Waals surface area contributed by atoms with E-state index in [2.05, 4.69) is 23.8 Å². The summed E-state index contributed by atoms with van der Waals surface area (Å²) < 4.78 is 0. The molecule has 1 fully saturated rings. The van der Waals surface area contributed by atoms with E-state index >= 15 is 0 Å². The highest BCUT2D eigenvalue weighted by Crippen LogP contribution is 2.30. The first-order chi connectivity index (χ1) is 9.97. The summed E-state index contributed by atoms with van der Waals surface area (Å²) in [7, 11) is 2.14. The summed E-state index contributed by atoms with van der Waals surface area (Å²) in [6.07, 6.45) is 3.78. The molecule has 2 rings (SSSR count). The van der Waals surface area contributed by atoms with Gasteiger partial charge in [0.05, 0.1) is 10.7 Å². The Morgan fingerprint density at radius 1 is 1.43 bits per heavy atom. The molecule has 0 amide bonds. The van der Waals surface area contributed by atoms with Crippen molar-refractivity contribution in [2.24, 2.45) is 0 Å². The molecule has 114 valence electrons. The molecule has 1 heterocycles. The molecule has 1 aromatic carbocycles. The fourth-order valence-corrected chi connectivity index (χ4v) is 3.05. The van der Waals surface area contributed by atoms with Gasteiger partial charge >= 0.3 is 5.97 Å². The molecule has 1 atom stereocenters. The van der Waals surface area contributed by atoms with Gasteiger partial charge < -0.3 is 14.9 Å². The lowest BCUT2D eigenvalue weighted by Gasteiger charge is -2.31. The molecule has 21 heavy (non-hydrogen) atoms. The summed E-state index contributed by atoms with van der Waals surface area (Å²) in [4.78, 5) is 15.2. The maximum Gasteiger partial charge on any atom is 0.328 e. The smallest absolute Gasteiger partial charge is 0.328 e. The Kier molecular flexibility index (Phi) is 5.26. The maximum atomic E-state index is 10.6. The molecule has 1 aromatic rings. The molecule has 1 N–H and O–H groups in total. The van der Waals surface area contributed by atoms with Gasteiger partial charge in [0.15, 0.2) is 0 Å². The number of hydrogen-bond donors (Lipinski definition) is 1. The molecule has 1 unspecified atom stereocenters. The minimum atomic E-state index is -0.959. The molecule has 1 aliphatic rings. The van der Waals surface area contributed by atoms with E-state index in [1.807, 2.05) is 18.2 Å². The van der Waals surface area contributed by atoms with Crippen molar-refractivity contribution in [3.8, 4) is 0 Å². The zero-order valence-electron chi connectivity index (χ0n) is 12.4. The number of carboxylic acids is 1. The molecule has 4 nitrogen and oxygen atoms in total. The molecular formula is C16H21ClN2O2. The van der Waals surface area contributed by atoms with E-state index in [0.717, 1.165) is 43.4 Å². The number of likely N-dealkylation sites (N-methyl/N-ethyl adjacent to an activating group) is 1. The molecule has 0 bridgehead atoms. The van der Waals surface area contributed by atoms with Crippen LogP contribution in [-0.4, -0.2) is 48.7 Å². The maximum absolute atomic E-state index is 10.6. The van der Waals surface area contributed by atoms with Crippen LogP contribution in [0.1, 0.15) is 18.9 Å². The normalized spacial score (nSPS) is 20.7. The van der Waals surface area contributed by atoms with Gasteiger partial charge in [-0.25, -0.2) is 4.79 Å². The second-order valence-corrected chi connectivity index (χ2v) is 5.95. The third-order valence-corrected chi connectivity index (χ3v) is 4.05. The minimum absolute atomic E-state index is 0.399. The Bertz CT molecular complexity index is 545. The van der Waals surface area contributed by atoms with Crippen molar-refractivity contribution >= 4 is 29.3 Å². The molecule has 0 radical (unpaired) electrons. The third kappa shape index (κ3) is 4.22. The number of hydrogen-bond acceptors (Lipinski definition) is 3. The lowest BCUT2D eigenvalue weighted by Crippen LogP contribution is -2.38. The summed E-state index contributed by atoms with van der Waals surface area (Å²) in [5.41, 5.74) is 1.82. The van der Waals surface area contributed by atoms with E-state index < -0.39 is 5.97 Å². The van der Waals surface area contributed by atoms with Crippen LogP contribution in [0.5, 0.6) is 0 Å². The van der Waals surface area contributed by atoms with Crippen LogP contribution >= 0.6 is 11.6 Å². The van der Waals surface area contributed by atoms with Crippen LogP contribution < -0.4 is 4.90 Å². The number of nitrogens with zero attached hydrogens (tertiary/aromatic N) is 2. The van der Waals surface area contributed by atoms with Gasteiger partial charge in [0.25, 0.3) is 0 Å². The van der Waals surface area contributed by atoms with Crippen LogP contribution in [0.3, 0.4) is 0 Å². The molecule has 0 aliphatic carbocycles. The number of carboxylic acid groups (broad SMARTS) is 1. The molecule has 0 spiro atoms. The Labute approximate surface area is 130 Å². The van der Waals surface area contributed by atoms with E-state index in [0.29, 0.717) is 11.1 Å². The second-order valence-electron chi connectivity index (χ2n) is 5.54. The van der Waals surface area contributed by atoms with Crippen LogP contribution in [-0.2, 0) is 4.79 Å². The number of benzene rings is 1. The highest BCUT2D eigenvalue weighted by molar-refractivity contribution is 6.33. The largest absolute Gasteiger partial charge is 0.478 e. The van der Waals surface area contributed by atoms with Crippen LogP contribution in [0.2, 0.25) is 5.02 Å². The van der Waals surface area contributed by atoms with Crippen molar-refractivity contribution < 1.29 is 9.90 Å². The number of aliphatic carboxylic acids is 1. The monoisotopic (exact) mass is 308 g/mol. The first kappa shape index (κ1) is 15.9. The van der Waals surface area contributed by atoms with Gasteiger partial charge in [-0.15, -0.1) is 0 Å². The first-order valence-corrected chi connectivity index (χ1v) is 7.51. The Morgan fingerprint density at radius 3 is 2.86 bits per heavy atom. The topological polar surface area (TPSA) is 43.8 Å². The summed E-state index contributed by atoms with van der Waals surface area (Å²) in [5.74, 6) is -0.959. The highest BCUT2D eigenvalue weighted by Gasteiger charge is 2.21. The molecule has 0 saturated carbocycles. The SMILES string of the molecule is CC1CN(C)CCCN1c1ccc(/C=C/C(=O)O)cc1Cl. The lowest BCUT2D eigenvalue weighted by molar-refractivity contribution is -0.131. The minimum Gasteiger partial charge on any atom is -0.478 e. The van der Waals surface area contributed by atoms with Crippen LogP contribution in [0.25, 0.3) is 6.08 Å². The molecule has 1 saturated heterocycles. The Balaban J connectivity index is 2.21. The van der Waals surface area contributed by atoms with E-state index in [4.69, 9.17) is 16.7 Å². The summed E-state index contributed by atoms with van der Waals surface area (Å²) in [5, 5.41) is 9.33. The van der Waals surface area contributed by atoms with Gasteiger partial charge in [-0.05, 0) is 50.7 Å². The van der Waals surface area contributed by atoms with Gasteiger partial charge in [0, 0.05) is 25.2 Å². The fourth-order valence-electron chi connectivity index (χ4n) is 2.76. The summed E-state index contributed by atoms with van der Waals surface area (Å²) in [6.45, 7) is 5.29. The average Bonchev–Trinajstić information content (AvgIpc) is 2.57. The standard InChI is InChI=1S/C16H21ClN2O2/c1-12-11-18(2)8-3-9-19(12)15-6-4-13(10-14(15)17)5-7-16(20)21/h4-7,10,12H,3,8-9,11H2,1-2H3,(H,20,21)/b7-5+. The van der Waals surface area contributed by atoms with Crippen molar-refractivity contribution in [2.45, 2.75) is 19.4 Å². The van der Waals surface area contributed by atoms with Crippen LogP contribution in [0.4, 0.5) is 5.69 Å². The van der Waals surface area contributed by atoms with Gasteiger partial charge in [0.2, 0.25) is 0 Å². The van der Waals surface area contributed by atoms with Crippen molar-refractivity contribution in [2.75, 3.05) is 31.6 Å². The number of anilines is 1. The number of carbonyl (C=O) groups is 1. The molecular weight excluding hydrogens is 288 g/mol. The summed E-state index contributed by atoms with van der Waals surface area (Å²) in [6, 6.07) is 6.10. The zero-order valence-corrected chi connectivity index (χ0v) is 13.2. The fraction of sp³-hybridized carbons (Fsp3) is 0.438. The third-order valence-electron chi connectivity index (χ3n) is 3.75. The van der Waals surface area contributed by atoms with Crippen molar-refractivity contribution in [1.29, 1.82) is 0 Å². The first-order valence-electron chi connectivity index (χ1n) is 7.13. The Hall–Kier alpha value is -1.52. The van der Waals surface area contributed by atoms with Gasteiger partial charge in [0.1, 0.15) is 0 Å². The highest BCUT2D eigenvalue weighted by atomic mass is 35.5. The zero-order chi connectivity index (χ0) is 15.4. The van der Waals surface area contributed by atoms with E-state index in [1.165, 1.54) is 0 Å². The van der Waals surface area contributed by atoms with Crippen LogP contribution in [0.15, 0.2) is 24.3 Å². The predicted octanol–water partition coefficient (Wildman–Crippen LogP) is 2.97. The molecule has 5 heteroatoms.